The van der Waals surface area contributed by atoms with Crippen LogP contribution in [0.5, 0.6) is 0 Å². The molecule has 1 aliphatic rings. The molecule has 1 saturated heterocycles. The van der Waals surface area contributed by atoms with Crippen LogP contribution in [0.4, 0.5) is 4.39 Å². The molecule has 1 unspecified atom stereocenters. The lowest BCUT2D eigenvalue weighted by Gasteiger charge is -2.21. The van der Waals surface area contributed by atoms with Gasteiger partial charge in [-0.2, -0.15) is 0 Å². The molecule has 0 saturated carbocycles. The van der Waals surface area contributed by atoms with Gasteiger partial charge in [-0.05, 0) is 38.2 Å². The van der Waals surface area contributed by atoms with Gasteiger partial charge in [0.05, 0.1) is 0 Å². The number of likely N-dealkylation sites (tertiary alicyclic amines) is 1. The smallest absolute Gasteiger partial charge is 0.123 e. The van der Waals surface area contributed by atoms with E-state index in [1.54, 1.807) is 6.07 Å². The molecule has 0 spiro atoms. The Labute approximate surface area is 119 Å². The standard InChI is InChI=1S/C14H20FN3S/c1-17(2)12-5-6-18(9-12)8-10-3-4-11(15)7-13(10)14(16)19/h3-4,7,12H,5-6,8-9H2,1-2H3,(H2,16,19). The van der Waals surface area contributed by atoms with Gasteiger partial charge in [-0.3, -0.25) is 4.90 Å². The second-order valence-electron chi connectivity index (χ2n) is 5.31. The second-order valence-corrected chi connectivity index (χ2v) is 5.75. The Kier molecular flexibility index (Phi) is 4.50. The third-order valence-corrected chi connectivity index (χ3v) is 3.93. The van der Waals surface area contributed by atoms with Gasteiger partial charge < -0.3 is 10.6 Å². The molecule has 1 aliphatic heterocycles. The Morgan fingerprint density at radius 3 is 2.84 bits per heavy atom. The summed E-state index contributed by atoms with van der Waals surface area (Å²) in [5.41, 5.74) is 7.33. The minimum atomic E-state index is -0.292. The van der Waals surface area contributed by atoms with E-state index in [1.165, 1.54) is 12.1 Å². The Balaban J connectivity index is 2.10. The number of nitrogens with two attached hydrogens (primary N) is 1. The Morgan fingerprint density at radius 2 is 2.26 bits per heavy atom. The molecule has 1 atom stereocenters. The molecule has 3 nitrogen and oxygen atoms in total. The van der Waals surface area contributed by atoms with E-state index >= 15 is 0 Å². The summed E-state index contributed by atoms with van der Waals surface area (Å²) in [6.07, 6.45) is 1.16. The molecule has 0 aliphatic carbocycles. The van der Waals surface area contributed by atoms with Gasteiger partial charge in [0, 0.05) is 31.2 Å². The summed E-state index contributed by atoms with van der Waals surface area (Å²) in [6, 6.07) is 5.27. The van der Waals surface area contributed by atoms with Crippen molar-refractivity contribution in [2.45, 2.75) is 19.0 Å². The number of benzene rings is 1. The highest BCUT2D eigenvalue weighted by Gasteiger charge is 2.24. The minimum absolute atomic E-state index is 0.262. The predicted octanol–water partition coefficient (Wildman–Crippen LogP) is 1.60. The van der Waals surface area contributed by atoms with E-state index in [-0.39, 0.29) is 10.8 Å². The number of halogens is 1. The maximum atomic E-state index is 13.3. The summed E-state index contributed by atoms with van der Waals surface area (Å²) in [5.74, 6) is -0.292. The third-order valence-electron chi connectivity index (χ3n) is 3.71. The van der Waals surface area contributed by atoms with Crippen LogP contribution < -0.4 is 5.73 Å². The lowest BCUT2D eigenvalue weighted by Crippen LogP contribution is -2.31. The lowest BCUT2D eigenvalue weighted by molar-refractivity contribution is 0.264. The zero-order valence-corrected chi connectivity index (χ0v) is 12.2. The molecular formula is C14H20FN3S. The molecule has 0 amide bonds. The molecule has 1 heterocycles. The quantitative estimate of drug-likeness (QED) is 0.850. The maximum Gasteiger partial charge on any atom is 0.123 e. The van der Waals surface area contributed by atoms with Crippen LogP contribution in [0, 0.1) is 5.82 Å². The summed E-state index contributed by atoms with van der Waals surface area (Å²) in [5, 5.41) is 0. The molecule has 0 bridgehead atoms. The summed E-state index contributed by atoms with van der Waals surface area (Å²) < 4.78 is 13.3. The van der Waals surface area contributed by atoms with E-state index in [0.29, 0.717) is 11.6 Å². The number of nitrogens with zero attached hydrogens (tertiary/aromatic N) is 2. The Hall–Kier alpha value is -1.04. The van der Waals surface area contributed by atoms with Crippen molar-refractivity contribution in [1.82, 2.24) is 9.80 Å². The fraction of sp³-hybridized carbons (Fsp3) is 0.500. The first-order valence-corrected chi connectivity index (χ1v) is 6.85. The highest BCUT2D eigenvalue weighted by molar-refractivity contribution is 7.80. The summed E-state index contributed by atoms with van der Waals surface area (Å²) in [6.45, 7) is 2.86. The molecule has 0 aromatic heterocycles. The fourth-order valence-corrected chi connectivity index (χ4v) is 2.72. The van der Waals surface area contributed by atoms with Gasteiger partial charge in [0.15, 0.2) is 0 Å². The average Bonchev–Trinajstić information content (AvgIpc) is 2.80. The molecule has 104 valence electrons. The summed E-state index contributed by atoms with van der Waals surface area (Å²) in [4.78, 5) is 4.87. The first-order chi connectivity index (χ1) is 8.97. The van der Waals surface area contributed by atoms with Crippen molar-refractivity contribution in [1.29, 1.82) is 0 Å². The Morgan fingerprint density at radius 1 is 1.53 bits per heavy atom. The van der Waals surface area contributed by atoms with E-state index < -0.39 is 0 Å². The van der Waals surface area contributed by atoms with Crippen LogP contribution in [0.1, 0.15) is 17.5 Å². The zero-order valence-electron chi connectivity index (χ0n) is 11.4. The van der Waals surface area contributed by atoms with Crippen molar-refractivity contribution in [2.24, 2.45) is 5.73 Å². The van der Waals surface area contributed by atoms with Crippen molar-refractivity contribution in [3.63, 3.8) is 0 Å². The van der Waals surface area contributed by atoms with Crippen LogP contribution in [0.25, 0.3) is 0 Å². The monoisotopic (exact) mass is 281 g/mol. The first-order valence-electron chi connectivity index (χ1n) is 6.44. The number of hydrogen-bond donors (Lipinski definition) is 1. The van der Waals surface area contributed by atoms with Crippen molar-refractivity contribution < 1.29 is 4.39 Å². The summed E-state index contributed by atoms with van der Waals surface area (Å²) in [7, 11) is 4.21. The van der Waals surface area contributed by atoms with Gasteiger partial charge in [-0.1, -0.05) is 18.3 Å². The topological polar surface area (TPSA) is 32.5 Å². The zero-order chi connectivity index (χ0) is 14.0. The van der Waals surface area contributed by atoms with Gasteiger partial charge in [0.25, 0.3) is 0 Å². The normalized spacial score (nSPS) is 20.1. The van der Waals surface area contributed by atoms with Crippen molar-refractivity contribution in [3.05, 3.63) is 35.1 Å². The summed E-state index contributed by atoms with van der Waals surface area (Å²) >= 11 is 5.00. The number of hydrogen-bond acceptors (Lipinski definition) is 3. The Bertz CT molecular complexity index is 476. The van der Waals surface area contributed by atoms with Gasteiger partial charge in [-0.25, -0.2) is 4.39 Å². The van der Waals surface area contributed by atoms with Crippen molar-refractivity contribution >= 4 is 17.2 Å². The molecular weight excluding hydrogens is 261 g/mol. The van der Waals surface area contributed by atoms with Crippen molar-refractivity contribution in [2.75, 3.05) is 27.2 Å². The van der Waals surface area contributed by atoms with Crippen LogP contribution in [-0.2, 0) is 6.54 Å². The van der Waals surface area contributed by atoms with Crippen LogP contribution >= 0.6 is 12.2 Å². The second kappa shape index (κ2) is 5.94. The number of thiocarbonyl (C=S) groups is 1. The number of likely N-dealkylation sites (N-methyl/N-ethyl adjacent to an activating group) is 1. The van der Waals surface area contributed by atoms with Gasteiger partial charge in [0.1, 0.15) is 10.8 Å². The van der Waals surface area contributed by atoms with Gasteiger partial charge in [-0.15, -0.1) is 0 Å². The highest BCUT2D eigenvalue weighted by atomic mass is 32.1. The lowest BCUT2D eigenvalue weighted by atomic mass is 10.1. The van der Waals surface area contributed by atoms with E-state index in [2.05, 4.69) is 23.9 Å². The molecule has 19 heavy (non-hydrogen) atoms. The van der Waals surface area contributed by atoms with Crippen LogP contribution in [0.3, 0.4) is 0 Å². The van der Waals surface area contributed by atoms with Gasteiger partial charge >= 0.3 is 0 Å². The average molecular weight is 281 g/mol. The molecule has 1 aromatic rings. The molecule has 2 N–H and O–H groups in total. The first kappa shape index (κ1) is 14.4. The largest absolute Gasteiger partial charge is 0.389 e. The number of rotatable bonds is 4. The predicted molar refractivity (Wildman–Crippen MR) is 79.7 cm³/mol. The van der Waals surface area contributed by atoms with Crippen LogP contribution in [-0.4, -0.2) is 48.0 Å². The van der Waals surface area contributed by atoms with Gasteiger partial charge in [0.2, 0.25) is 0 Å². The van der Waals surface area contributed by atoms with E-state index in [4.69, 9.17) is 18.0 Å². The highest BCUT2D eigenvalue weighted by Crippen LogP contribution is 2.19. The minimum Gasteiger partial charge on any atom is -0.389 e. The van der Waals surface area contributed by atoms with Crippen molar-refractivity contribution in [3.8, 4) is 0 Å². The van der Waals surface area contributed by atoms with Crippen LogP contribution in [0.15, 0.2) is 18.2 Å². The maximum absolute atomic E-state index is 13.3. The van der Waals surface area contributed by atoms with E-state index in [1.807, 2.05) is 0 Å². The molecule has 1 aromatic carbocycles. The molecule has 5 heteroatoms. The molecule has 2 rings (SSSR count). The van der Waals surface area contributed by atoms with Crippen LogP contribution in [0.2, 0.25) is 0 Å². The SMILES string of the molecule is CN(C)C1CCN(Cc2ccc(F)cc2C(N)=S)C1. The van der Waals surface area contributed by atoms with E-state index in [0.717, 1.165) is 31.6 Å². The molecule has 1 fully saturated rings. The molecule has 0 radical (unpaired) electrons. The van der Waals surface area contributed by atoms with E-state index in [9.17, 15) is 4.39 Å². The third kappa shape index (κ3) is 3.49. The fourth-order valence-electron chi connectivity index (χ4n) is 2.53.